The van der Waals surface area contributed by atoms with Crippen LogP contribution >= 0.6 is 0 Å². The lowest BCUT2D eigenvalue weighted by molar-refractivity contribution is -0.605. The average molecular weight is 509 g/mol. The fourth-order valence-electron chi connectivity index (χ4n) is 4.76. The van der Waals surface area contributed by atoms with E-state index in [4.69, 9.17) is 0 Å². The van der Waals surface area contributed by atoms with Crippen molar-refractivity contribution in [1.82, 2.24) is 4.90 Å². The molecule has 3 aromatic rings. The van der Waals surface area contributed by atoms with Crippen LogP contribution in [0.4, 0.5) is 36.8 Å². The number of alkyl halides is 3. The molecule has 0 radical (unpaired) electrons. The molecule has 190 valence electrons. The third kappa shape index (κ3) is 4.45. The van der Waals surface area contributed by atoms with Crippen molar-refractivity contribution in [3.8, 4) is 0 Å². The van der Waals surface area contributed by atoms with Gasteiger partial charge in [0.25, 0.3) is 0 Å². The summed E-state index contributed by atoms with van der Waals surface area (Å²) in [6.45, 7) is -0.435. The van der Waals surface area contributed by atoms with Gasteiger partial charge in [0.05, 0.1) is 12.2 Å². The van der Waals surface area contributed by atoms with Gasteiger partial charge in [-0.05, 0) is 41.8 Å². The van der Waals surface area contributed by atoms with Crippen molar-refractivity contribution in [2.45, 2.75) is 38.0 Å². The molecule has 1 aliphatic rings. The summed E-state index contributed by atoms with van der Waals surface area (Å²) in [5.41, 5.74) is -2.24. The first kappa shape index (κ1) is 25.3. The van der Waals surface area contributed by atoms with Crippen molar-refractivity contribution in [1.29, 1.82) is 0 Å². The van der Waals surface area contributed by atoms with Gasteiger partial charge in [-0.25, -0.2) is 18.0 Å². The highest BCUT2D eigenvalue weighted by Crippen LogP contribution is 2.51. The molecule has 0 saturated heterocycles. The Morgan fingerprint density at radius 3 is 2.19 bits per heavy atom. The van der Waals surface area contributed by atoms with E-state index in [1.807, 2.05) is 0 Å². The largest absolute Gasteiger partial charge is 0.619 e. The number of carbonyl (C=O) groups is 1. The van der Waals surface area contributed by atoms with E-state index in [2.05, 4.69) is 0 Å². The summed E-state index contributed by atoms with van der Waals surface area (Å²) in [5.74, 6) is -3.39. The molecule has 0 N–H and O–H groups in total. The first-order valence-electron chi connectivity index (χ1n) is 11.1. The molecule has 4 rings (SSSR count). The first-order valence-corrected chi connectivity index (χ1v) is 11.1. The van der Waals surface area contributed by atoms with Crippen LogP contribution in [-0.2, 0) is 12.1 Å². The van der Waals surface area contributed by atoms with E-state index in [0.29, 0.717) is 15.2 Å². The lowest BCUT2D eigenvalue weighted by Gasteiger charge is -2.51. The SMILES string of the molecule is CCCC1(c2ccc(F)cc2)c2c(ccc(F)c2F)N(Cc2cc[n+]([O-])cc2)C(=O)N1CC(F)(F)F. The molecular weight excluding hydrogens is 488 g/mol. The van der Waals surface area contributed by atoms with Crippen molar-refractivity contribution in [2.75, 3.05) is 11.4 Å². The molecule has 36 heavy (non-hydrogen) atoms. The third-order valence-electron chi connectivity index (χ3n) is 6.18. The third-order valence-corrected chi connectivity index (χ3v) is 6.18. The van der Waals surface area contributed by atoms with E-state index in [9.17, 15) is 32.0 Å². The molecular formula is C25H21F6N3O2. The number of urea groups is 1. The number of fused-ring (bicyclic) bond motifs is 1. The number of amides is 2. The van der Waals surface area contributed by atoms with Gasteiger partial charge in [0.1, 0.15) is 17.9 Å². The molecule has 2 amide bonds. The van der Waals surface area contributed by atoms with Gasteiger partial charge in [0, 0.05) is 17.7 Å². The van der Waals surface area contributed by atoms with E-state index in [-0.39, 0.29) is 30.6 Å². The molecule has 0 saturated carbocycles. The van der Waals surface area contributed by atoms with Crippen molar-refractivity contribution in [3.63, 3.8) is 0 Å². The van der Waals surface area contributed by atoms with Crippen LogP contribution in [0.15, 0.2) is 60.9 Å². The predicted octanol–water partition coefficient (Wildman–Crippen LogP) is 5.79. The van der Waals surface area contributed by atoms with Crippen molar-refractivity contribution >= 4 is 11.7 Å². The summed E-state index contributed by atoms with van der Waals surface area (Å²) in [5, 5.41) is 11.4. The Labute approximate surface area is 202 Å². The first-order chi connectivity index (χ1) is 17.0. The fourth-order valence-corrected chi connectivity index (χ4v) is 4.76. The van der Waals surface area contributed by atoms with Crippen LogP contribution in [0, 0.1) is 22.7 Å². The normalized spacial score (nSPS) is 17.9. The van der Waals surface area contributed by atoms with Crippen molar-refractivity contribution < 1.29 is 35.9 Å². The predicted molar refractivity (Wildman–Crippen MR) is 118 cm³/mol. The van der Waals surface area contributed by atoms with E-state index >= 15 is 4.39 Å². The molecule has 11 heteroatoms. The van der Waals surface area contributed by atoms with Gasteiger partial charge in [-0.3, -0.25) is 4.90 Å². The molecule has 5 nitrogen and oxygen atoms in total. The lowest BCUT2D eigenvalue weighted by Crippen LogP contribution is -2.61. The summed E-state index contributed by atoms with van der Waals surface area (Å²) >= 11 is 0. The standard InChI is InChI=1S/C25H21F6N3O2/c1-2-11-24(17-3-5-18(26)6-4-17)21-20(8-7-19(27)22(21)28)33(14-16-9-12-32(36)13-10-16)23(35)34(24)15-25(29,30)31/h3-10,12-13H,2,11,14-15H2,1H3. The van der Waals surface area contributed by atoms with Gasteiger partial charge in [-0.15, -0.1) is 0 Å². The van der Waals surface area contributed by atoms with Gasteiger partial charge in [0.15, 0.2) is 24.0 Å². The summed E-state index contributed by atoms with van der Waals surface area (Å²) in [6, 6.07) is 7.91. The zero-order valence-electron chi connectivity index (χ0n) is 19.0. The highest BCUT2D eigenvalue weighted by atomic mass is 19.4. The minimum Gasteiger partial charge on any atom is -0.619 e. The molecule has 2 aromatic carbocycles. The minimum absolute atomic E-state index is 0.0147. The second kappa shape index (κ2) is 9.36. The van der Waals surface area contributed by atoms with E-state index < -0.39 is 47.3 Å². The zero-order chi connectivity index (χ0) is 26.3. The van der Waals surface area contributed by atoms with Crippen molar-refractivity contribution in [2.24, 2.45) is 0 Å². The smallest absolute Gasteiger partial charge is 0.406 e. The number of nitrogens with zero attached hydrogens (tertiary/aromatic N) is 3. The van der Waals surface area contributed by atoms with Gasteiger partial charge >= 0.3 is 12.2 Å². The molecule has 0 aliphatic carbocycles. The van der Waals surface area contributed by atoms with E-state index in [1.165, 1.54) is 24.3 Å². The molecule has 0 fully saturated rings. The lowest BCUT2D eigenvalue weighted by atomic mass is 9.75. The maximum Gasteiger partial charge on any atom is 0.406 e. The Kier molecular flexibility index (Phi) is 6.59. The van der Waals surface area contributed by atoms with Crippen LogP contribution in [0.3, 0.4) is 0 Å². The molecule has 0 bridgehead atoms. The Morgan fingerprint density at radius 2 is 1.61 bits per heavy atom. The van der Waals surface area contributed by atoms with E-state index in [1.54, 1.807) is 6.92 Å². The minimum atomic E-state index is -4.89. The number of anilines is 1. The highest BCUT2D eigenvalue weighted by Gasteiger charge is 2.54. The number of carbonyl (C=O) groups excluding carboxylic acids is 1. The number of hydrogen-bond donors (Lipinski definition) is 0. The molecule has 2 heterocycles. The zero-order valence-corrected chi connectivity index (χ0v) is 19.0. The van der Waals surface area contributed by atoms with Gasteiger partial charge in [-0.2, -0.15) is 17.9 Å². The van der Waals surface area contributed by atoms with Crippen molar-refractivity contribution in [3.05, 3.63) is 100 Å². The Balaban J connectivity index is 2.03. The van der Waals surface area contributed by atoms with Crippen LogP contribution in [0.2, 0.25) is 0 Å². The number of benzene rings is 2. The Morgan fingerprint density at radius 1 is 0.972 bits per heavy atom. The van der Waals surface area contributed by atoms with Crippen LogP contribution < -0.4 is 9.63 Å². The number of rotatable bonds is 6. The molecule has 1 aliphatic heterocycles. The summed E-state index contributed by atoms with van der Waals surface area (Å²) in [4.78, 5) is 15.2. The number of aromatic nitrogens is 1. The van der Waals surface area contributed by atoms with E-state index in [0.717, 1.165) is 41.6 Å². The molecule has 1 atom stereocenters. The maximum atomic E-state index is 15.6. The second-order valence-electron chi connectivity index (χ2n) is 8.51. The fraction of sp³-hybridized carbons (Fsp3) is 0.280. The van der Waals surface area contributed by atoms with Crippen LogP contribution in [0.25, 0.3) is 0 Å². The monoisotopic (exact) mass is 509 g/mol. The second-order valence-corrected chi connectivity index (χ2v) is 8.51. The van der Waals surface area contributed by atoms with Crippen LogP contribution in [0.1, 0.15) is 36.5 Å². The van der Waals surface area contributed by atoms with Gasteiger partial charge < -0.3 is 10.1 Å². The maximum absolute atomic E-state index is 15.6. The Bertz CT molecular complexity index is 1260. The topological polar surface area (TPSA) is 50.5 Å². The molecule has 1 unspecified atom stereocenters. The summed E-state index contributed by atoms with van der Waals surface area (Å²) < 4.78 is 86.0. The van der Waals surface area contributed by atoms with Gasteiger partial charge in [-0.1, -0.05) is 25.5 Å². The number of pyridine rings is 1. The van der Waals surface area contributed by atoms with Gasteiger partial charge in [0.2, 0.25) is 0 Å². The Hall–Kier alpha value is -3.76. The van der Waals surface area contributed by atoms with Crippen LogP contribution in [-0.4, -0.2) is 23.7 Å². The molecule has 1 aromatic heterocycles. The number of hydrogen-bond acceptors (Lipinski definition) is 2. The summed E-state index contributed by atoms with van der Waals surface area (Å²) in [6.07, 6.45) is -2.60. The highest BCUT2D eigenvalue weighted by molar-refractivity contribution is 5.97. The summed E-state index contributed by atoms with van der Waals surface area (Å²) in [7, 11) is 0. The number of halogens is 6. The average Bonchev–Trinajstić information content (AvgIpc) is 2.82. The quantitative estimate of drug-likeness (QED) is 0.240. The van der Waals surface area contributed by atoms with Crippen LogP contribution in [0.5, 0.6) is 0 Å². The molecule has 0 spiro atoms.